The fourth-order valence-electron chi connectivity index (χ4n) is 2.82. The molecule has 0 radical (unpaired) electrons. The van der Waals surface area contributed by atoms with Crippen LogP contribution < -0.4 is 4.83 Å². The zero-order valence-corrected chi connectivity index (χ0v) is 18.5. The van der Waals surface area contributed by atoms with E-state index in [2.05, 4.69) is 15.0 Å². The maximum Gasteiger partial charge on any atom is 0.289 e. The molecule has 0 amide bonds. The van der Waals surface area contributed by atoms with Gasteiger partial charge in [0.25, 0.3) is 15.7 Å². The Bertz CT molecular complexity index is 1400. The molecular weight excluding hydrogens is 474 g/mol. The summed E-state index contributed by atoms with van der Waals surface area (Å²) in [6.45, 7) is 0. The van der Waals surface area contributed by atoms with Crippen molar-refractivity contribution in [1.29, 1.82) is 0 Å². The molecule has 0 bridgehead atoms. The molecule has 32 heavy (non-hydrogen) atoms. The third-order valence-electron chi connectivity index (χ3n) is 4.32. The standard InChI is InChI=1S/C20H14ClN5O4S2/c21-17-9-8-16(11-18(17)26(27)28)32(29,30)24-22-12-14-13-25(15-5-2-1-3-6-15)23-20(14)19-7-4-10-31-19/h1-13,24H/b22-12-. The molecule has 0 saturated carbocycles. The predicted molar refractivity (Wildman–Crippen MR) is 123 cm³/mol. The number of rotatable bonds is 7. The van der Waals surface area contributed by atoms with E-state index >= 15 is 0 Å². The number of aromatic nitrogens is 2. The Hall–Kier alpha value is -3.54. The maximum absolute atomic E-state index is 12.5. The Morgan fingerprint density at radius 2 is 1.94 bits per heavy atom. The van der Waals surface area contributed by atoms with E-state index in [-0.39, 0.29) is 9.92 Å². The minimum Gasteiger partial charge on any atom is -0.258 e. The second-order valence-electron chi connectivity index (χ2n) is 6.41. The van der Waals surface area contributed by atoms with E-state index in [1.165, 1.54) is 17.6 Å². The number of sulfonamides is 1. The number of para-hydroxylation sites is 1. The molecule has 0 unspecified atom stereocenters. The first-order valence-corrected chi connectivity index (χ1v) is 11.8. The summed E-state index contributed by atoms with van der Waals surface area (Å²) in [5.74, 6) is 0. The van der Waals surface area contributed by atoms with Crippen LogP contribution in [0, 0.1) is 10.1 Å². The van der Waals surface area contributed by atoms with Crippen LogP contribution in [0.2, 0.25) is 5.02 Å². The van der Waals surface area contributed by atoms with Crippen molar-refractivity contribution < 1.29 is 13.3 Å². The second kappa shape index (κ2) is 8.91. The molecule has 4 aromatic rings. The molecule has 2 heterocycles. The van der Waals surface area contributed by atoms with Crippen LogP contribution in [-0.2, 0) is 10.0 Å². The molecule has 162 valence electrons. The molecule has 2 aromatic heterocycles. The average Bonchev–Trinajstić information content (AvgIpc) is 3.44. The van der Waals surface area contributed by atoms with Crippen molar-refractivity contribution >= 4 is 44.9 Å². The second-order valence-corrected chi connectivity index (χ2v) is 9.43. The zero-order chi connectivity index (χ0) is 22.7. The van der Waals surface area contributed by atoms with Crippen LogP contribution in [0.15, 0.2) is 82.2 Å². The zero-order valence-electron chi connectivity index (χ0n) is 16.1. The van der Waals surface area contributed by atoms with Crippen molar-refractivity contribution in [3.8, 4) is 16.3 Å². The Labute approximate surface area is 191 Å². The SMILES string of the molecule is O=[N+]([O-])c1cc(S(=O)(=O)N/N=C\c2cn(-c3ccccc3)nc2-c2cccs2)ccc1Cl. The highest BCUT2D eigenvalue weighted by Gasteiger charge is 2.20. The molecule has 0 saturated heterocycles. The van der Waals surface area contributed by atoms with Crippen LogP contribution >= 0.6 is 22.9 Å². The Morgan fingerprint density at radius 1 is 1.16 bits per heavy atom. The van der Waals surface area contributed by atoms with Crippen molar-refractivity contribution in [1.82, 2.24) is 14.6 Å². The number of nitro groups is 1. The van der Waals surface area contributed by atoms with Gasteiger partial charge in [-0.25, -0.2) is 9.51 Å². The van der Waals surface area contributed by atoms with Gasteiger partial charge in [-0.1, -0.05) is 35.9 Å². The maximum atomic E-state index is 12.5. The number of halogens is 1. The fourth-order valence-corrected chi connectivity index (χ4v) is 4.55. The first-order chi connectivity index (χ1) is 15.3. The highest BCUT2D eigenvalue weighted by molar-refractivity contribution is 7.89. The lowest BCUT2D eigenvalue weighted by molar-refractivity contribution is -0.384. The number of nitro benzene ring substituents is 1. The normalized spacial score (nSPS) is 11.7. The quantitative estimate of drug-likeness (QED) is 0.234. The molecular formula is C20H14ClN5O4S2. The average molecular weight is 488 g/mol. The molecule has 1 N–H and O–H groups in total. The Morgan fingerprint density at radius 3 is 2.62 bits per heavy atom. The van der Waals surface area contributed by atoms with Gasteiger partial charge in [-0.15, -0.1) is 11.3 Å². The van der Waals surface area contributed by atoms with E-state index in [1.54, 1.807) is 10.9 Å². The largest absolute Gasteiger partial charge is 0.289 e. The summed E-state index contributed by atoms with van der Waals surface area (Å²) in [4.78, 5) is 12.9. The monoisotopic (exact) mass is 487 g/mol. The van der Waals surface area contributed by atoms with E-state index in [0.717, 1.165) is 28.8 Å². The first kappa shape index (κ1) is 21.7. The number of hydrogen-bond donors (Lipinski definition) is 1. The topological polar surface area (TPSA) is 119 Å². The smallest absolute Gasteiger partial charge is 0.258 e. The molecule has 4 rings (SSSR count). The van der Waals surface area contributed by atoms with Gasteiger partial charge in [-0.3, -0.25) is 10.1 Å². The summed E-state index contributed by atoms with van der Waals surface area (Å²) >= 11 is 7.24. The highest BCUT2D eigenvalue weighted by Crippen LogP contribution is 2.28. The van der Waals surface area contributed by atoms with Crippen molar-refractivity contribution in [3.05, 3.63) is 92.9 Å². The van der Waals surface area contributed by atoms with Crippen molar-refractivity contribution in [2.24, 2.45) is 5.10 Å². The molecule has 0 aliphatic carbocycles. The number of thiophene rings is 1. The molecule has 0 fully saturated rings. The van der Waals surface area contributed by atoms with E-state index in [0.29, 0.717) is 11.3 Å². The lowest BCUT2D eigenvalue weighted by Crippen LogP contribution is -2.18. The van der Waals surface area contributed by atoms with Gasteiger partial charge in [0, 0.05) is 17.8 Å². The van der Waals surface area contributed by atoms with E-state index in [1.807, 2.05) is 47.8 Å². The van der Waals surface area contributed by atoms with Crippen molar-refractivity contribution in [3.63, 3.8) is 0 Å². The third kappa shape index (κ3) is 4.54. The number of nitrogens with one attached hydrogen (secondary N) is 1. The van der Waals surface area contributed by atoms with Gasteiger partial charge in [0.2, 0.25) is 0 Å². The van der Waals surface area contributed by atoms with Crippen LogP contribution in [0.25, 0.3) is 16.3 Å². The fraction of sp³-hybridized carbons (Fsp3) is 0. The molecule has 0 spiro atoms. The molecule has 2 aromatic carbocycles. The van der Waals surface area contributed by atoms with Gasteiger partial charge in [-0.2, -0.15) is 18.6 Å². The van der Waals surface area contributed by atoms with E-state index in [9.17, 15) is 18.5 Å². The summed E-state index contributed by atoms with van der Waals surface area (Å²) in [6.07, 6.45) is 3.07. The number of hydrogen-bond acceptors (Lipinski definition) is 7. The van der Waals surface area contributed by atoms with Crippen LogP contribution in [0.1, 0.15) is 5.56 Å². The Kier molecular flexibility index (Phi) is 6.04. The third-order valence-corrected chi connectivity index (χ3v) is 6.74. The number of benzene rings is 2. The van der Waals surface area contributed by atoms with Crippen LogP contribution in [-0.4, -0.2) is 29.3 Å². The highest BCUT2D eigenvalue weighted by atomic mass is 35.5. The minimum absolute atomic E-state index is 0.161. The first-order valence-electron chi connectivity index (χ1n) is 9.03. The van der Waals surface area contributed by atoms with Gasteiger partial charge < -0.3 is 0 Å². The molecule has 0 aliphatic heterocycles. The summed E-state index contributed by atoms with van der Waals surface area (Å²) in [6, 6.07) is 16.4. The summed E-state index contributed by atoms with van der Waals surface area (Å²) in [5, 5.41) is 21.2. The van der Waals surface area contributed by atoms with Crippen LogP contribution in [0.5, 0.6) is 0 Å². The van der Waals surface area contributed by atoms with Crippen LogP contribution in [0.3, 0.4) is 0 Å². The summed E-state index contributed by atoms with van der Waals surface area (Å²) in [5.41, 5.74) is 1.54. The van der Waals surface area contributed by atoms with Gasteiger partial charge >= 0.3 is 0 Å². The lowest BCUT2D eigenvalue weighted by atomic mass is 10.2. The molecule has 0 aliphatic rings. The van der Waals surface area contributed by atoms with Gasteiger partial charge in [-0.05, 0) is 35.7 Å². The van der Waals surface area contributed by atoms with Gasteiger partial charge in [0.05, 0.1) is 26.6 Å². The summed E-state index contributed by atoms with van der Waals surface area (Å²) < 4.78 is 26.8. The van der Waals surface area contributed by atoms with Crippen LogP contribution in [0.4, 0.5) is 5.69 Å². The lowest BCUT2D eigenvalue weighted by Gasteiger charge is -2.04. The number of nitrogens with zero attached hydrogens (tertiary/aromatic N) is 4. The van der Waals surface area contributed by atoms with Gasteiger partial charge in [0.15, 0.2) is 0 Å². The van der Waals surface area contributed by atoms with Crippen molar-refractivity contribution in [2.45, 2.75) is 4.90 Å². The molecule has 12 heteroatoms. The van der Waals surface area contributed by atoms with E-state index < -0.39 is 20.6 Å². The minimum atomic E-state index is -4.15. The van der Waals surface area contributed by atoms with Crippen molar-refractivity contribution in [2.75, 3.05) is 0 Å². The predicted octanol–water partition coefficient (Wildman–Crippen LogP) is 4.47. The molecule has 9 nitrogen and oxygen atoms in total. The van der Waals surface area contributed by atoms with Gasteiger partial charge in [0.1, 0.15) is 10.7 Å². The Balaban J connectivity index is 1.64. The number of hydrazone groups is 1. The van der Waals surface area contributed by atoms with E-state index in [4.69, 9.17) is 11.6 Å². The summed E-state index contributed by atoms with van der Waals surface area (Å²) in [7, 11) is -4.15. The molecule has 0 atom stereocenters.